The fourth-order valence-corrected chi connectivity index (χ4v) is 4.27. The Morgan fingerprint density at radius 1 is 1.31 bits per heavy atom. The molecule has 2 aliphatic rings. The second kappa shape index (κ2) is 7.40. The molecule has 1 unspecified atom stereocenters. The summed E-state index contributed by atoms with van der Waals surface area (Å²) in [6.45, 7) is 10.2. The molecule has 1 aliphatic carbocycles. The lowest BCUT2D eigenvalue weighted by Gasteiger charge is -2.40. The van der Waals surface area contributed by atoms with Crippen molar-refractivity contribution in [2.24, 2.45) is 17.8 Å². The molecule has 144 valence electrons. The third kappa shape index (κ3) is 4.17. The minimum absolute atomic E-state index is 0.0663. The van der Waals surface area contributed by atoms with E-state index in [0.717, 1.165) is 12.8 Å². The van der Waals surface area contributed by atoms with E-state index in [1.165, 1.54) is 6.42 Å². The van der Waals surface area contributed by atoms with Gasteiger partial charge in [-0.1, -0.05) is 38.8 Å². The van der Waals surface area contributed by atoms with Crippen LogP contribution in [0.3, 0.4) is 0 Å². The monoisotopic (exact) mass is 380 g/mol. The average molecular weight is 381 g/mol. The summed E-state index contributed by atoms with van der Waals surface area (Å²) in [7, 11) is 0. The summed E-state index contributed by atoms with van der Waals surface area (Å²) < 4.78 is 17.8. The average Bonchev–Trinajstić information content (AvgIpc) is 2.53. The Bertz CT molecular complexity index is 670. The lowest BCUT2D eigenvalue weighted by Crippen LogP contribution is -2.43. The molecule has 0 amide bonds. The molecule has 0 radical (unpaired) electrons. The van der Waals surface area contributed by atoms with E-state index in [0.29, 0.717) is 34.1 Å². The molecule has 0 saturated heterocycles. The molecule has 3 rings (SSSR count). The molecule has 26 heavy (non-hydrogen) atoms. The summed E-state index contributed by atoms with van der Waals surface area (Å²) in [5.41, 5.74) is 0.631. The van der Waals surface area contributed by atoms with Crippen molar-refractivity contribution in [2.45, 2.75) is 71.9 Å². The van der Waals surface area contributed by atoms with Crippen molar-refractivity contribution >= 4 is 17.6 Å². The zero-order valence-corrected chi connectivity index (χ0v) is 17.0. The van der Waals surface area contributed by atoms with Crippen LogP contribution in [0.25, 0.3) is 0 Å². The van der Waals surface area contributed by atoms with E-state index in [2.05, 4.69) is 20.8 Å². The Morgan fingerprint density at radius 2 is 2.04 bits per heavy atom. The van der Waals surface area contributed by atoms with Crippen molar-refractivity contribution in [1.29, 1.82) is 0 Å². The van der Waals surface area contributed by atoms with Gasteiger partial charge in [-0.25, -0.2) is 4.79 Å². The van der Waals surface area contributed by atoms with Crippen molar-refractivity contribution < 1.29 is 19.0 Å². The van der Waals surface area contributed by atoms with E-state index in [-0.39, 0.29) is 12.1 Å². The predicted octanol–water partition coefficient (Wildman–Crippen LogP) is 5.53. The quantitative estimate of drug-likeness (QED) is 0.646. The lowest BCUT2D eigenvalue weighted by atomic mass is 9.75. The van der Waals surface area contributed by atoms with E-state index in [1.54, 1.807) is 32.0 Å². The van der Waals surface area contributed by atoms with Crippen molar-refractivity contribution in [2.75, 3.05) is 0 Å². The fraction of sp³-hybridized carbons (Fsp3) is 0.667. The van der Waals surface area contributed by atoms with Gasteiger partial charge in [0, 0.05) is 24.4 Å². The first-order chi connectivity index (χ1) is 12.2. The van der Waals surface area contributed by atoms with E-state index in [4.69, 9.17) is 25.8 Å². The minimum atomic E-state index is -0.901. The van der Waals surface area contributed by atoms with Gasteiger partial charge in [0.05, 0.1) is 0 Å². The zero-order valence-electron chi connectivity index (χ0n) is 16.3. The smallest absolute Gasteiger partial charge is 0.340 e. The number of fused-ring (bicyclic) bond motifs is 1. The maximum absolute atomic E-state index is 13.1. The van der Waals surface area contributed by atoms with Crippen LogP contribution in [0, 0.1) is 17.8 Å². The van der Waals surface area contributed by atoms with Gasteiger partial charge >= 0.3 is 5.97 Å². The van der Waals surface area contributed by atoms with Gasteiger partial charge < -0.3 is 14.2 Å². The first-order valence-corrected chi connectivity index (χ1v) is 9.91. The molecule has 1 aromatic rings. The Morgan fingerprint density at radius 3 is 2.73 bits per heavy atom. The van der Waals surface area contributed by atoms with Crippen LogP contribution in [0.1, 0.15) is 65.5 Å². The molecule has 0 aromatic heterocycles. The number of ether oxygens (including phenoxy) is 3. The van der Waals surface area contributed by atoms with Crippen LogP contribution in [0.15, 0.2) is 18.2 Å². The largest absolute Gasteiger partial charge is 0.463 e. The minimum Gasteiger partial charge on any atom is -0.463 e. The van der Waals surface area contributed by atoms with Crippen LogP contribution in [0.2, 0.25) is 5.02 Å². The van der Waals surface area contributed by atoms with E-state index >= 15 is 0 Å². The first-order valence-electron chi connectivity index (χ1n) is 9.53. The predicted molar refractivity (Wildman–Crippen MR) is 101 cm³/mol. The third-order valence-corrected chi connectivity index (χ3v) is 5.69. The number of rotatable bonds is 3. The second-order valence-corrected chi connectivity index (χ2v) is 8.92. The topological polar surface area (TPSA) is 44.8 Å². The Hall–Kier alpha value is -1.26. The molecule has 0 bridgehead atoms. The number of carbonyl (C=O) groups is 1. The van der Waals surface area contributed by atoms with E-state index < -0.39 is 11.9 Å². The molecular weight excluding hydrogens is 352 g/mol. The Labute approximate surface area is 161 Å². The van der Waals surface area contributed by atoms with Gasteiger partial charge in [-0.3, -0.25) is 0 Å². The zero-order chi connectivity index (χ0) is 19.1. The molecule has 0 N–H and O–H groups in total. The molecule has 1 saturated carbocycles. The normalized spacial score (nSPS) is 30.4. The standard InChI is InChI=1S/C21H29ClO4/c1-12(2)15-8-6-13(3)10-18(15)24-20(23)19-16-11-14(22)7-9-17(16)25-21(4,5)26-19/h7,9,11-13,15,18-19H,6,8,10H2,1-5H3/t13-,15+,18-,19?/m1/s1. The van der Waals surface area contributed by atoms with Crippen molar-refractivity contribution in [3.8, 4) is 5.75 Å². The molecule has 4 nitrogen and oxygen atoms in total. The number of benzene rings is 1. The number of halogens is 1. The number of esters is 1. The van der Waals surface area contributed by atoms with Crippen LogP contribution < -0.4 is 4.74 Å². The Balaban J connectivity index is 1.83. The van der Waals surface area contributed by atoms with Crippen LogP contribution in [-0.2, 0) is 14.3 Å². The summed E-state index contributed by atoms with van der Waals surface area (Å²) in [4.78, 5) is 13.1. The van der Waals surface area contributed by atoms with E-state index in [1.807, 2.05) is 0 Å². The van der Waals surface area contributed by atoms with Gasteiger partial charge in [0.1, 0.15) is 11.9 Å². The van der Waals surface area contributed by atoms with Gasteiger partial charge in [-0.05, 0) is 48.8 Å². The lowest BCUT2D eigenvalue weighted by molar-refractivity contribution is -0.224. The highest BCUT2D eigenvalue weighted by Crippen LogP contribution is 2.42. The molecule has 0 spiro atoms. The van der Waals surface area contributed by atoms with Crippen molar-refractivity contribution in [1.82, 2.24) is 0 Å². The van der Waals surface area contributed by atoms with Gasteiger partial charge in [-0.2, -0.15) is 0 Å². The second-order valence-electron chi connectivity index (χ2n) is 8.48. The van der Waals surface area contributed by atoms with Gasteiger partial charge in [-0.15, -0.1) is 0 Å². The molecule has 1 aliphatic heterocycles. The van der Waals surface area contributed by atoms with Crippen molar-refractivity contribution in [3.63, 3.8) is 0 Å². The highest BCUT2D eigenvalue weighted by atomic mass is 35.5. The molecule has 1 heterocycles. The molecule has 4 atom stereocenters. The first kappa shape index (κ1) is 19.5. The highest BCUT2D eigenvalue weighted by Gasteiger charge is 2.42. The number of hydrogen-bond acceptors (Lipinski definition) is 4. The van der Waals surface area contributed by atoms with E-state index in [9.17, 15) is 4.79 Å². The van der Waals surface area contributed by atoms with Crippen LogP contribution in [0.5, 0.6) is 5.75 Å². The number of hydrogen-bond donors (Lipinski definition) is 0. The van der Waals surface area contributed by atoms with Gasteiger partial charge in [0.15, 0.2) is 6.10 Å². The van der Waals surface area contributed by atoms with Crippen LogP contribution in [0.4, 0.5) is 0 Å². The summed E-state index contributed by atoms with van der Waals surface area (Å²) >= 11 is 6.13. The summed E-state index contributed by atoms with van der Waals surface area (Å²) in [5, 5.41) is 0.541. The van der Waals surface area contributed by atoms with Crippen LogP contribution >= 0.6 is 11.6 Å². The van der Waals surface area contributed by atoms with Crippen LogP contribution in [-0.4, -0.2) is 17.9 Å². The molecule has 1 fully saturated rings. The maximum atomic E-state index is 13.1. The van der Waals surface area contributed by atoms with Crippen molar-refractivity contribution in [3.05, 3.63) is 28.8 Å². The summed E-state index contributed by atoms with van der Waals surface area (Å²) in [6, 6.07) is 5.26. The van der Waals surface area contributed by atoms with Gasteiger partial charge in [0.2, 0.25) is 5.79 Å². The van der Waals surface area contributed by atoms with Gasteiger partial charge in [0.25, 0.3) is 0 Å². The fourth-order valence-electron chi connectivity index (χ4n) is 4.09. The maximum Gasteiger partial charge on any atom is 0.340 e. The highest BCUT2D eigenvalue weighted by molar-refractivity contribution is 6.30. The summed E-state index contributed by atoms with van der Waals surface area (Å²) in [6.07, 6.45) is 2.31. The Kier molecular flexibility index (Phi) is 5.55. The SMILES string of the molecule is CC(C)[C@@H]1CC[C@@H](C)C[C@H]1OC(=O)C1OC(C)(C)Oc2ccc(Cl)cc21. The number of carbonyl (C=O) groups excluding carboxylic acids is 1. The third-order valence-electron chi connectivity index (χ3n) is 5.45. The summed E-state index contributed by atoms with van der Waals surface area (Å²) in [5.74, 6) is 0.800. The molecule has 5 heteroatoms. The molecule has 1 aromatic carbocycles. The molecular formula is C21H29ClO4.